The standard InChI is InChI=1S/C11H20N4O2S/c1-3-6-15-11(14-7-4-5-8-14)9(12)10(13-15)18(2,16)17/h3-8,12H2,1-2H3. The summed E-state index contributed by atoms with van der Waals surface area (Å²) in [6.45, 7) is 4.56. The summed E-state index contributed by atoms with van der Waals surface area (Å²) in [5.74, 6) is 0.773. The van der Waals surface area contributed by atoms with E-state index in [9.17, 15) is 8.42 Å². The first kappa shape index (κ1) is 13.2. The lowest BCUT2D eigenvalue weighted by atomic mass is 10.4. The number of aromatic nitrogens is 2. The second-order valence-electron chi connectivity index (χ2n) is 4.73. The van der Waals surface area contributed by atoms with E-state index in [1.807, 2.05) is 6.92 Å². The van der Waals surface area contributed by atoms with Crippen LogP contribution in [0.25, 0.3) is 0 Å². The summed E-state index contributed by atoms with van der Waals surface area (Å²) >= 11 is 0. The molecule has 6 nitrogen and oxygen atoms in total. The van der Waals surface area contributed by atoms with Crippen LogP contribution in [-0.2, 0) is 16.4 Å². The number of anilines is 2. The fourth-order valence-electron chi connectivity index (χ4n) is 2.35. The molecule has 1 aliphatic heterocycles. The molecule has 102 valence electrons. The van der Waals surface area contributed by atoms with Crippen LogP contribution in [-0.4, -0.2) is 37.5 Å². The highest BCUT2D eigenvalue weighted by molar-refractivity contribution is 7.90. The molecule has 2 rings (SSSR count). The fraction of sp³-hybridized carbons (Fsp3) is 0.727. The molecule has 1 aromatic rings. The number of hydrogen-bond acceptors (Lipinski definition) is 5. The maximum absolute atomic E-state index is 11.7. The lowest BCUT2D eigenvalue weighted by Crippen LogP contribution is -2.22. The molecule has 0 aliphatic carbocycles. The van der Waals surface area contributed by atoms with Gasteiger partial charge in [0.1, 0.15) is 5.69 Å². The Morgan fingerprint density at radius 3 is 2.44 bits per heavy atom. The summed E-state index contributed by atoms with van der Waals surface area (Å²) in [6.07, 6.45) is 4.27. The molecule has 0 unspecified atom stereocenters. The van der Waals surface area contributed by atoms with Crippen LogP contribution in [0.3, 0.4) is 0 Å². The van der Waals surface area contributed by atoms with Crippen LogP contribution in [0.1, 0.15) is 26.2 Å². The number of nitrogens with zero attached hydrogens (tertiary/aromatic N) is 3. The Kier molecular flexibility index (Phi) is 3.52. The SMILES string of the molecule is CCCn1nc(S(C)(=O)=O)c(N)c1N1CCCC1. The number of sulfone groups is 1. The molecule has 1 aliphatic rings. The van der Waals surface area contributed by atoms with Gasteiger partial charge in [0.25, 0.3) is 0 Å². The van der Waals surface area contributed by atoms with Crippen molar-refractivity contribution in [2.24, 2.45) is 0 Å². The van der Waals surface area contributed by atoms with Crippen LogP contribution >= 0.6 is 0 Å². The number of nitrogens with two attached hydrogens (primary N) is 1. The first-order chi connectivity index (χ1) is 8.45. The average molecular weight is 272 g/mol. The molecule has 1 aromatic heterocycles. The van der Waals surface area contributed by atoms with Crippen molar-refractivity contribution in [3.05, 3.63) is 0 Å². The molecule has 0 aromatic carbocycles. The third-order valence-electron chi connectivity index (χ3n) is 3.12. The van der Waals surface area contributed by atoms with Crippen LogP contribution in [0.4, 0.5) is 11.5 Å². The number of rotatable bonds is 4. The van der Waals surface area contributed by atoms with Gasteiger partial charge >= 0.3 is 0 Å². The van der Waals surface area contributed by atoms with Crippen molar-refractivity contribution in [2.45, 2.75) is 37.8 Å². The zero-order valence-corrected chi connectivity index (χ0v) is 11.7. The molecule has 7 heteroatoms. The van der Waals surface area contributed by atoms with Crippen LogP contribution in [0, 0.1) is 0 Å². The first-order valence-corrected chi connectivity index (χ1v) is 8.15. The van der Waals surface area contributed by atoms with Crippen LogP contribution in [0.2, 0.25) is 0 Å². The predicted octanol–water partition coefficient (Wildman–Crippen LogP) is 0.879. The van der Waals surface area contributed by atoms with Gasteiger partial charge in [0, 0.05) is 25.9 Å². The molecule has 0 atom stereocenters. The van der Waals surface area contributed by atoms with Gasteiger partial charge in [-0.2, -0.15) is 5.10 Å². The average Bonchev–Trinajstić information content (AvgIpc) is 2.85. The van der Waals surface area contributed by atoms with Crippen LogP contribution in [0.15, 0.2) is 5.03 Å². The van der Waals surface area contributed by atoms with E-state index in [0.29, 0.717) is 12.2 Å². The molecule has 0 bridgehead atoms. The fourth-order valence-corrected chi connectivity index (χ4v) is 3.09. The maximum Gasteiger partial charge on any atom is 0.201 e. The molecule has 0 spiro atoms. The Morgan fingerprint density at radius 2 is 1.94 bits per heavy atom. The van der Waals surface area contributed by atoms with Crippen molar-refractivity contribution in [3.8, 4) is 0 Å². The third kappa shape index (κ3) is 2.31. The second-order valence-corrected chi connectivity index (χ2v) is 6.66. The molecule has 0 amide bonds. The van der Waals surface area contributed by atoms with Crippen molar-refractivity contribution in [2.75, 3.05) is 30.0 Å². The first-order valence-electron chi connectivity index (χ1n) is 6.26. The minimum atomic E-state index is -3.37. The van der Waals surface area contributed by atoms with Crippen molar-refractivity contribution in [1.82, 2.24) is 9.78 Å². The summed E-state index contributed by atoms with van der Waals surface area (Å²) in [5, 5.41) is 4.19. The Labute approximate surface area is 108 Å². The minimum Gasteiger partial charge on any atom is -0.393 e. The van der Waals surface area contributed by atoms with Crippen molar-refractivity contribution in [1.29, 1.82) is 0 Å². The largest absolute Gasteiger partial charge is 0.393 e. The highest BCUT2D eigenvalue weighted by Gasteiger charge is 2.27. The monoisotopic (exact) mass is 272 g/mol. The summed E-state index contributed by atoms with van der Waals surface area (Å²) < 4.78 is 25.1. The number of nitrogen functional groups attached to an aromatic ring is 1. The Morgan fingerprint density at radius 1 is 1.33 bits per heavy atom. The Balaban J connectivity index is 2.51. The van der Waals surface area contributed by atoms with Gasteiger partial charge in [-0.3, -0.25) is 0 Å². The highest BCUT2D eigenvalue weighted by Crippen LogP contribution is 2.32. The van der Waals surface area contributed by atoms with Gasteiger partial charge in [-0.1, -0.05) is 6.92 Å². The molecule has 2 heterocycles. The molecule has 1 saturated heterocycles. The Hall–Kier alpha value is -1.24. The minimum absolute atomic E-state index is 0.0119. The van der Waals surface area contributed by atoms with Gasteiger partial charge in [-0.05, 0) is 19.3 Å². The molecule has 18 heavy (non-hydrogen) atoms. The lowest BCUT2D eigenvalue weighted by molar-refractivity contribution is 0.567. The normalized spacial score (nSPS) is 16.4. The van der Waals surface area contributed by atoms with Crippen LogP contribution in [0.5, 0.6) is 0 Å². The van der Waals surface area contributed by atoms with Gasteiger partial charge in [-0.25, -0.2) is 13.1 Å². The molecular formula is C11H20N4O2S. The van der Waals surface area contributed by atoms with E-state index < -0.39 is 9.84 Å². The lowest BCUT2D eigenvalue weighted by Gasteiger charge is -2.19. The zero-order chi connectivity index (χ0) is 13.3. The molecule has 0 saturated carbocycles. The van der Waals surface area contributed by atoms with Gasteiger partial charge in [0.05, 0.1) is 0 Å². The molecule has 2 N–H and O–H groups in total. The van der Waals surface area contributed by atoms with E-state index >= 15 is 0 Å². The molecule has 0 radical (unpaired) electrons. The van der Waals surface area contributed by atoms with E-state index in [0.717, 1.165) is 44.4 Å². The quantitative estimate of drug-likeness (QED) is 0.880. The smallest absolute Gasteiger partial charge is 0.201 e. The van der Waals surface area contributed by atoms with Crippen molar-refractivity contribution >= 4 is 21.3 Å². The second kappa shape index (κ2) is 4.79. The number of hydrogen-bond donors (Lipinski definition) is 1. The summed E-state index contributed by atoms with van der Waals surface area (Å²) in [5.41, 5.74) is 6.30. The maximum atomic E-state index is 11.7. The third-order valence-corrected chi connectivity index (χ3v) is 4.12. The van der Waals surface area contributed by atoms with E-state index in [4.69, 9.17) is 5.73 Å². The Bertz CT molecular complexity index is 529. The topological polar surface area (TPSA) is 81.2 Å². The van der Waals surface area contributed by atoms with Crippen molar-refractivity contribution in [3.63, 3.8) is 0 Å². The van der Waals surface area contributed by atoms with Crippen molar-refractivity contribution < 1.29 is 8.42 Å². The van der Waals surface area contributed by atoms with Crippen LogP contribution < -0.4 is 10.6 Å². The van der Waals surface area contributed by atoms with E-state index in [-0.39, 0.29) is 5.03 Å². The van der Waals surface area contributed by atoms with Gasteiger partial charge in [-0.15, -0.1) is 0 Å². The van der Waals surface area contributed by atoms with E-state index in [2.05, 4.69) is 10.00 Å². The van der Waals surface area contributed by atoms with Gasteiger partial charge in [0.15, 0.2) is 15.7 Å². The highest BCUT2D eigenvalue weighted by atomic mass is 32.2. The van der Waals surface area contributed by atoms with E-state index in [1.165, 1.54) is 0 Å². The van der Waals surface area contributed by atoms with Gasteiger partial charge < -0.3 is 10.6 Å². The summed E-state index contributed by atoms with van der Waals surface area (Å²) in [4.78, 5) is 2.13. The molecule has 1 fully saturated rings. The summed E-state index contributed by atoms with van der Waals surface area (Å²) in [6, 6.07) is 0. The number of aryl methyl sites for hydroxylation is 1. The summed E-state index contributed by atoms with van der Waals surface area (Å²) in [7, 11) is -3.37. The predicted molar refractivity (Wildman–Crippen MR) is 71.5 cm³/mol. The van der Waals surface area contributed by atoms with Gasteiger partial charge in [0.2, 0.25) is 5.03 Å². The van der Waals surface area contributed by atoms with E-state index in [1.54, 1.807) is 4.68 Å². The zero-order valence-electron chi connectivity index (χ0n) is 10.9. The molecular weight excluding hydrogens is 252 g/mol.